The molecular weight excluding hydrogens is 651 g/mol. The van der Waals surface area contributed by atoms with Crippen LogP contribution in [-0.2, 0) is 4.74 Å². The summed E-state index contributed by atoms with van der Waals surface area (Å²) in [6.07, 6.45) is 1.23. The number of carboxylic acids is 1. The predicted molar refractivity (Wildman–Crippen MR) is 174 cm³/mol. The Labute approximate surface area is 304 Å². The van der Waals surface area contributed by atoms with Crippen LogP contribution >= 0.6 is 0 Å². The topological polar surface area (TPSA) is 274 Å². The number of rotatable bonds is 7. The van der Waals surface area contributed by atoms with Crippen molar-refractivity contribution in [1.29, 1.82) is 0 Å². The standard InChI is InChI=1S/C10H12O5.C9H11NO.C8H9NO.C7H6O5.Na/c1-2-3-15-10(14)6-4-7(11)9(13)8(12)5-6;1-2-9(11)7-3-5-8(10)6-4-7;1-6(10)7-2-4-8(9)5-3-7;8-4-1-3(7(11)12)2-5(9)6(4)10;/h4-5,11-13H,2-3H2,1H3;3-6H,2,10H2,1H3;2-5H,9H2,1H3;1-2,8-10H,(H,11,12);/q;;;;+1/p-1. The molecule has 0 aliphatic heterocycles. The van der Waals surface area contributed by atoms with Crippen LogP contribution in [0.1, 0.15) is 75.0 Å². The molecule has 256 valence electrons. The Balaban J connectivity index is 0.000000629. The van der Waals surface area contributed by atoms with Gasteiger partial charge in [0.1, 0.15) is 0 Å². The Morgan fingerprint density at radius 2 is 1.00 bits per heavy atom. The van der Waals surface area contributed by atoms with Crippen LogP contribution in [0.3, 0.4) is 0 Å². The zero-order chi connectivity index (χ0) is 36.6. The summed E-state index contributed by atoms with van der Waals surface area (Å²) < 4.78 is 4.78. The van der Waals surface area contributed by atoms with Crippen LogP contribution in [0.2, 0.25) is 0 Å². The molecule has 0 saturated carbocycles. The van der Waals surface area contributed by atoms with Crippen molar-refractivity contribution < 1.29 is 89.2 Å². The molecule has 49 heavy (non-hydrogen) atoms. The van der Waals surface area contributed by atoms with E-state index < -0.39 is 52.0 Å². The van der Waals surface area contributed by atoms with Crippen molar-refractivity contribution >= 4 is 34.9 Å². The summed E-state index contributed by atoms with van der Waals surface area (Å²) in [5, 5.41) is 64.0. The van der Waals surface area contributed by atoms with Crippen molar-refractivity contribution in [3.05, 3.63) is 95.1 Å². The van der Waals surface area contributed by atoms with Gasteiger partial charge in [0.2, 0.25) is 0 Å². The molecule has 15 heteroatoms. The molecule has 0 saturated heterocycles. The molecular formula is C34H37N2NaO12. The van der Waals surface area contributed by atoms with E-state index in [1.165, 1.54) is 6.92 Å². The number of Topliss-reactive ketones (excluding diaryl/α,β-unsaturated/α-hetero) is 2. The first-order valence-electron chi connectivity index (χ1n) is 14.2. The van der Waals surface area contributed by atoms with Gasteiger partial charge < -0.3 is 56.7 Å². The van der Waals surface area contributed by atoms with Crippen LogP contribution in [0, 0.1) is 0 Å². The van der Waals surface area contributed by atoms with Crippen molar-refractivity contribution in [3.63, 3.8) is 0 Å². The SMILES string of the molecule is CC(=O)c1ccc(N)cc1.CCC(=O)c1ccc(N)cc1.CCCOC(=O)c1cc(O)c(O)c(O)c1.O=C([O-])c1cc(O)c(O)c(O)c1.[Na+]. The maximum Gasteiger partial charge on any atom is 1.00 e. The van der Waals surface area contributed by atoms with Crippen molar-refractivity contribution in [2.24, 2.45) is 0 Å². The van der Waals surface area contributed by atoms with E-state index in [1.54, 1.807) is 48.5 Å². The second-order valence-corrected chi connectivity index (χ2v) is 9.73. The van der Waals surface area contributed by atoms with E-state index in [2.05, 4.69) is 0 Å². The van der Waals surface area contributed by atoms with Gasteiger partial charge in [0.25, 0.3) is 0 Å². The Morgan fingerprint density at radius 3 is 1.33 bits per heavy atom. The molecule has 0 unspecified atom stereocenters. The van der Waals surface area contributed by atoms with E-state index in [9.17, 15) is 24.3 Å². The molecule has 0 radical (unpaired) electrons. The first-order valence-corrected chi connectivity index (χ1v) is 14.2. The number of aromatic hydroxyl groups is 6. The minimum Gasteiger partial charge on any atom is -0.545 e. The number of ketones is 2. The Hall–Kier alpha value is -5.44. The zero-order valence-electron chi connectivity index (χ0n) is 27.3. The maximum absolute atomic E-state index is 11.3. The maximum atomic E-state index is 11.3. The second-order valence-electron chi connectivity index (χ2n) is 9.73. The number of carbonyl (C=O) groups excluding carboxylic acids is 4. The van der Waals surface area contributed by atoms with Gasteiger partial charge in [-0.1, -0.05) is 13.8 Å². The molecule has 0 spiro atoms. The van der Waals surface area contributed by atoms with Gasteiger partial charge in [-0.2, -0.15) is 0 Å². The number of hydrogen-bond donors (Lipinski definition) is 8. The van der Waals surface area contributed by atoms with Crippen LogP contribution in [-0.4, -0.2) is 60.8 Å². The predicted octanol–water partition coefficient (Wildman–Crippen LogP) is 0.874. The minimum atomic E-state index is -1.54. The third kappa shape index (κ3) is 14.9. The largest absolute Gasteiger partial charge is 1.00 e. The molecule has 0 fully saturated rings. The normalized spacial score (nSPS) is 9.45. The number of nitrogen functional groups attached to an aromatic ring is 2. The molecule has 10 N–H and O–H groups in total. The summed E-state index contributed by atoms with van der Waals surface area (Å²) in [7, 11) is 0. The molecule has 14 nitrogen and oxygen atoms in total. The van der Waals surface area contributed by atoms with Gasteiger partial charge in [0, 0.05) is 34.5 Å². The average molecular weight is 689 g/mol. The van der Waals surface area contributed by atoms with Crippen molar-refractivity contribution in [3.8, 4) is 34.5 Å². The Morgan fingerprint density at radius 1 is 0.633 bits per heavy atom. The molecule has 4 aromatic carbocycles. The van der Waals surface area contributed by atoms with Crippen LogP contribution < -0.4 is 46.1 Å². The van der Waals surface area contributed by atoms with Crippen LogP contribution in [0.4, 0.5) is 11.4 Å². The van der Waals surface area contributed by atoms with E-state index in [4.69, 9.17) is 46.8 Å². The zero-order valence-corrected chi connectivity index (χ0v) is 29.3. The number of hydrogen-bond acceptors (Lipinski definition) is 14. The fourth-order valence-corrected chi connectivity index (χ4v) is 3.31. The summed E-state index contributed by atoms with van der Waals surface area (Å²) in [6.45, 7) is 5.49. The number of anilines is 2. The molecule has 0 heterocycles. The van der Waals surface area contributed by atoms with Crippen LogP contribution in [0.15, 0.2) is 72.8 Å². The van der Waals surface area contributed by atoms with Gasteiger partial charge in [0.05, 0.1) is 18.1 Å². The van der Waals surface area contributed by atoms with Gasteiger partial charge >= 0.3 is 35.5 Å². The average Bonchev–Trinajstić information content (AvgIpc) is 3.05. The number of esters is 1. The molecule has 0 atom stereocenters. The summed E-state index contributed by atoms with van der Waals surface area (Å²) >= 11 is 0. The number of carbonyl (C=O) groups is 4. The van der Waals surface area contributed by atoms with E-state index in [-0.39, 0.29) is 53.3 Å². The second kappa shape index (κ2) is 21.4. The fourth-order valence-electron chi connectivity index (χ4n) is 3.31. The third-order valence-electron chi connectivity index (χ3n) is 5.92. The van der Waals surface area contributed by atoms with Gasteiger partial charge in [-0.3, -0.25) is 9.59 Å². The van der Waals surface area contributed by atoms with Crippen LogP contribution in [0.5, 0.6) is 34.5 Å². The third-order valence-corrected chi connectivity index (χ3v) is 5.92. The number of nitrogens with two attached hydrogens (primary N) is 2. The molecule has 0 aliphatic rings. The van der Waals surface area contributed by atoms with E-state index in [0.29, 0.717) is 29.8 Å². The smallest absolute Gasteiger partial charge is 0.545 e. The van der Waals surface area contributed by atoms with Gasteiger partial charge in [-0.05, 0) is 86.1 Å². The van der Waals surface area contributed by atoms with Crippen molar-refractivity contribution in [1.82, 2.24) is 0 Å². The summed E-state index contributed by atoms with van der Waals surface area (Å²) in [6, 6.07) is 17.5. The molecule has 0 aliphatic carbocycles. The quantitative estimate of drug-likeness (QED) is 0.0440. The number of carboxylic acid groups (broad SMARTS) is 1. The first-order chi connectivity index (χ1) is 22.5. The molecule has 0 aromatic heterocycles. The van der Waals surface area contributed by atoms with Gasteiger partial charge in [-0.15, -0.1) is 0 Å². The molecule has 4 aromatic rings. The Bertz CT molecular complexity index is 1660. The van der Waals surface area contributed by atoms with E-state index >= 15 is 0 Å². The van der Waals surface area contributed by atoms with Gasteiger partial charge in [-0.25, -0.2) is 4.79 Å². The fraction of sp³-hybridized carbons (Fsp3) is 0.176. The monoisotopic (exact) mass is 688 g/mol. The summed E-state index contributed by atoms with van der Waals surface area (Å²) in [4.78, 5) is 43.3. The van der Waals surface area contributed by atoms with E-state index in [0.717, 1.165) is 29.8 Å². The van der Waals surface area contributed by atoms with Crippen molar-refractivity contribution in [2.45, 2.75) is 33.6 Å². The van der Waals surface area contributed by atoms with Crippen molar-refractivity contribution in [2.75, 3.05) is 18.1 Å². The number of ether oxygens (including phenoxy) is 1. The van der Waals surface area contributed by atoms with Crippen LogP contribution in [0.25, 0.3) is 0 Å². The molecule has 0 amide bonds. The molecule has 4 rings (SSSR count). The number of benzene rings is 4. The minimum absolute atomic E-state index is 0. The first kappa shape index (κ1) is 43.6. The number of phenols is 6. The Kier molecular flexibility index (Phi) is 19.1. The molecule has 0 bridgehead atoms. The number of phenolic OH excluding ortho intramolecular Hbond substituents is 6. The summed E-state index contributed by atoms with van der Waals surface area (Å²) in [5.74, 6) is -5.88. The summed E-state index contributed by atoms with van der Waals surface area (Å²) in [5.41, 5.74) is 13.3. The van der Waals surface area contributed by atoms with Gasteiger partial charge in [0.15, 0.2) is 46.1 Å². The number of aromatic carboxylic acids is 1. The van der Waals surface area contributed by atoms with E-state index in [1.807, 2.05) is 13.8 Å².